The van der Waals surface area contributed by atoms with Crippen molar-refractivity contribution in [3.63, 3.8) is 0 Å². The zero-order chi connectivity index (χ0) is 89.6. The third-order valence-electron chi connectivity index (χ3n) is 33.3. The van der Waals surface area contributed by atoms with Crippen LogP contribution in [-0.2, 0) is 38.0 Å². The molecule has 9 fully saturated rings. The number of allylic oxidation sites excluding steroid dienone is 13. The van der Waals surface area contributed by atoms with Crippen molar-refractivity contribution < 1.29 is 99.0 Å². The van der Waals surface area contributed by atoms with Gasteiger partial charge < -0.3 is 90.3 Å². The van der Waals surface area contributed by atoms with Crippen molar-refractivity contribution in [1.29, 1.82) is 0 Å². The second-order valence-corrected chi connectivity index (χ2v) is 42.7. The van der Waals surface area contributed by atoms with Crippen LogP contribution in [0.1, 0.15) is 290 Å². The van der Waals surface area contributed by atoms with Crippen LogP contribution in [0.3, 0.4) is 0 Å². The normalized spacial score (nSPS) is 46.1. The van der Waals surface area contributed by atoms with Gasteiger partial charge in [0.1, 0.15) is 30.3 Å². The van der Waals surface area contributed by atoms with Gasteiger partial charge >= 0.3 is 18.1 Å². The summed E-state index contributed by atoms with van der Waals surface area (Å²) in [6, 6.07) is -1.15. The first-order valence-electron chi connectivity index (χ1n) is 48.5. The van der Waals surface area contributed by atoms with Crippen LogP contribution in [0.2, 0.25) is 0 Å². The first kappa shape index (κ1) is 101. The molecule has 0 spiro atoms. The quantitative estimate of drug-likeness (QED) is 0.0535. The van der Waals surface area contributed by atoms with Gasteiger partial charge in [-0.2, -0.15) is 0 Å². The molecule has 698 valence electrons. The van der Waals surface area contributed by atoms with Gasteiger partial charge in [-0.3, -0.25) is 9.59 Å². The maximum atomic E-state index is 13.5. The van der Waals surface area contributed by atoms with Crippen molar-refractivity contribution in [3.05, 3.63) is 96.7 Å². The molecule has 2 saturated heterocycles. The molecular weight excluding hydrogens is 1560 g/mol. The monoisotopic (exact) mass is 1720 g/mol. The van der Waals surface area contributed by atoms with Crippen LogP contribution in [-0.4, -0.2) is 184 Å². The summed E-state index contributed by atoms with van der Waals surface area (Å²) >= 11 is 0. The summed E-state index contributed by atoms with van der Waals surface area (Å²) in [5, 5.41) is 118. The number of fused-ring (bicyclic) bond motifs is 12. The van der Waals surface area contributed by atoms with Crippen molar-refractivity contribution in [2.75, 3.05) is 0 Å². The number of cyclic esters (lactones) is 1. The standard InChI is InChI=1S/C55H92O3.C47H73NO17/c1-34(2)13-11-15-36(5)43-21-22-45-44-19-17-40-33-42(26-29-54(40,9)50(44)31-38(7)51(43)45)58-52(56)57-41-25-28-53(8)39(32-41)18-20-46-48-24-23-47(37(6)16-12-14-35(3)4)55(48,10)30-27-49(46)53;1-27-17-15-13-11-9-7-5-6-8-10-12-14-16-18-34(64-46-44(58)41(48)43(57)30(4)63-46)24-38-40(45(59)60)37(54)26-47(61,65-38)25-33(51)22-36(53)35(52)20-19-31(49)21-32(50)23-39(55)62-29(3)28(2)42(27)56/h17,34-39,41-51H,11-16,18-33H2,1-10H3;5-18,27-38,40-44,46,49-54,56-58,61H,19-26,48H2,1-4H3,(H,59,60)/b;6-5+,9-7+,10-8+,13-11+,14-12+,17-15+,18-16+/t36-,37?,38+,39?,41?,42?,43+,44?,45?,46?,47+,48?,49?,50?,51?,53-,54-,55+;27-,28-,29-,30+,31+,32+,33-,34-,35+,36+,37-,38-,40+,41-,42+,43+,44-,46-,47+/m00/s1. The minimum absolute atomic E-state index is 0.0197. The van der Waals surface area contributed by atoms with Crippen LogP contribution in [0, 0.1) is 123 Å². The zero-order valence-electron chi connectivity index (χ0n) is 77.3. The highest BCUT2D eigenvalue weighted by atomic mass is 16.7. The van der Waals surface area contributed by atoms with E-state index in [1.807, 2.05) is 19.1 Å². The van der Waals surface area contributed by atoms with Gasteiger partial charge in [0, 0.05) is 43.9 Å². The van der Waals surface area contributed by atoms with E-state index in [0.29, 0.717) is 16.7 Å². The molecular formula is C102H165NO20. The number of nitrogens with two attached hydrogens (primary N) is 1. The number of carboxylic acid groups (broad SMARTS) is 1. The highest BCUT2D eigenvalue weighted by molar-refractivity contribution is 5.72. The Kier molecular flexibility index (Phi) is 37.2. The van der Waals surface area contributed by atoms with Crippen molar-refractivity contribution in [2.24, 2.45) is 129 Å². The van der Waals surface area contributed by atoms with E-state index < -0.39 is 147 Å². The minimum atomic E-state index is -2.33. The van der Waals surface area contributed by atoms with Crippen LogP contribution in [0.15, 0.2) is 96.7 Å². The van der Waals surface area contributed by atoms with Crippen LogP contribution in [0.5, 0.6) is 0 Å². The highest BCUT2D eigenvalue weighted by Crippen LogP contribution is 2.69. The van der Waals surface area contributed by atoms with E-state index in [2.05, 4.69) is 75.3 Å². The largest absolute Gasteiger partial charge is 0.508 e. The lowest BCUT2D eigenvalue weighted by Gasteiger charge is -2.61. The molecule has 3 aliphatic heterocycles. The van der Waals surface area contributed by atoms with Gasteiger partial charge in [-0.05, 0) is 234 Å². The molecule has 2 bridgehead atoms. The van der Waals surface area contributed by atoms with E-state index in [4.69, 9.17) is 34.2 Å². The number of carbonyl (C=O) groups is 3. The van der Waals surface area contributed by atoms with Gasteiger partial charge in [0.05, 0.1) is 79.6 Å². The number of aliphatic hydroxyl groups is 10. The summed E-state index contributed by atoms with van der Waals surface area (Å²) < 4.78 is 35.7. The lowest BCUT2D eigenvalue weighted by molar-refractivity contribution is -0.308. The fourth-order valence-electron chi connectivity index (χ4n) is 26.2. The average Bonchev–Trinajstić information content (AvgIpc) is 1.51. The molecule has 3 heterocycles. The third kappa shape index (κ3) is 25.8. The number of hydrogen-bond donors (Lipinski definition) is 12. The average molecular weight is 1730 g/mol. The van der Waals surface area contributed by atoms with E-state index in [-0.39, 0.29) is 55.4 Å². The van der Waals surface area contributed by atoms with Crippen LogP contribution < -0.4 is 5.73 Å². The van der Waals surface area contributed by atoms with Gasteiger partial charge in [0.15, 0.2) is 12.1 Å². The fraction of sp³-hybridized carbons (Fsp3) is 0.814. The summed E-state index contributed by atoms with van der Waals surface area (Å²) in [5.41, 5.74) is 8.88. The molecule has 0 aromatic heterocycles. The number of carbonyl (C=O) groups excluding carboxylic acids is 2. The number of ether oxygens (including phenoxy) is 6. The Morgan fingerprint density at radius 2 is 1.15 bits per heavy atom. The molecule has 21 nitrogen and oxygen atoms in total. The van der Waals surface area contributed by atoms with E-state index in [1.54, 1.807) is 86.3 Å². The van der Waals surface area contributed by atoms with Crippen molar-refractivity contribution in [3.8, 4) is 0 Å². The molecule has 21 heteroatoms. The smallest absolute Gasteiger partial charge is 0.481 e. The van der Waals surface area contributed by atoms with Crippen LogP contribution in [0.4, 0.5) is 4.79 Å². The van der Waals surface area contributed by atoms with Gasteiger partial charge in [-0.1, -0.05) is 218 Å². The third-order valence-corrected chi connectivity index (χ3v) is 33.3. The maximum absolute atomic E-state index is 13.5. The van der Waals surface area contributed by atoms with Gasteiger partial charge in [-0.15, -0.1) is 0 Å². The Morgan fingerprint density at radius 1 is 0.545 bits per heavy atom. The summed E-state index contributed by atoms with van der Waals surface area (Å²) in [5.74, 6) is 6.22. The molecule has 0 aromatic rings. The lowest BCUT2D eigenvalue weighted by atomic mass is 9.44. The second kappa shape index (κ2) is 45.4. The zero-order valence-corrected chi connectivity index (χ0v) is 77.3. The Morgan fingerprint density at radius 3 is 1.81 bits per heavy atom. The predicted molar refractivity (Wildman–Crippen MR) is 478 cm³/mol. The Balaban J connectivity index is 0.000000259. The van der Waals surface area contributed by atoms with Crippen molar-refractivity contribution >= 4 is 18.1 Å². The first-order chi connectivity index (χ1) is 58.2. The predicted octanol–water partition coefficient (Wildman–Crippen LogP) is 16.6. The number of esters is 1. The number of aliphatic hydroxyl groups excluding tert-OH is 9. The summed E-state index contributed by atoms with van der Waals surface area (Å²) in [4.78, 5) is 38.6. The van der Waals surface area contributed by atoms with Crippen LogP contribution in [0.25, 0.3) is 0 Å². The molecule has 0 aromatic carbocycles. The Bertz CT molecular complexity index is 3570. The molecule has 7 saturated carbocycles. The SMILES string of the molecule is CC(C)CCCC(C)[C@H]1CCC2C3CCC4CC(OC(=O)OC5CC[C@@]6(C)C(=CCC7C8CC[C@H]([C@@H](C)CCCC(C)C)C8[C@H](C)CC76)C5)CC[C@]4(C)C3CC[C@@]21C.C[C@@H]1[C@H](O)[C@@H](C)/C=C/C=C/C=C/C=C/C=C/C=C/C=C/[C@H](O[C@@H]2O[C@H](C)[C@@H](O)[C@H](N)[C@@H]2O)C[C@@H]2O[C@](O)(C[C@@H](O)C[C@@H](O)[C@H](O)CC[C@@H](O)C[C@@H](O)CC(=O)O[C@H]1C)C[C@H](O)[C@H]2C(=O)O. The number of rotatable bonds is 15. The topological polar surface area (TPSA) is 355 Å². The molecule has 8 aliphatic carbocycles. The molecule has 11 aliphatic rings. The van der Waals surface area contributed by atoms with Gasteiger partial charge in [-0.25, -0.2) is 4.79 Å². The number of carboxylic acids is 1. The molecule has 123 heavy (non-hydrogen) atoms. The molecule has 13 N–H and O–H groups in total. The van der Waals surface area contributed by atoms with E-state index >= 15 is 0 Å². The number of hydrogen-bond acceptors (Lipinski definition) is 20. The lowest BCUT2D eigenvalue weighted by Crippen LogP contribution is -2.61. The highest BCUT2D eigenvalue weighted by Gasteiger charge is 2.62. The van der Waals surface area contributed by atoms with E-state index in [0.717, 1.165) is 109 Å². The maximum Gasteiger partial charge on any atom is 0.508 e. The minimum Gasteiger partial charge on any atom is -0.481 e. The molecule has 11 unspecified atom stereocenters. The molecule has 37 atom stereocenters. The molecule has 0 radical (unpaired) electrons. The summed E-state index contributed by atoms with van der Waals surface area (Å²) in [6.07, 6.45) is 34.8. The van der Waals surface area contributed by atoms with Crippen molar-refractivity contribution in [1.82, 2.24) is 0 Å². The van der Waals surface area contributed by atoms with Crippen LogP contribution >= 0.6 is 0 Å². The van der Waals surface area contributed by atoms with E-state index in [1.165, 1.54) is 129 Å². The summed E-state index contributed by atoms with van der Waals surface area (Å²) in [6.45, 7) is 32.1. The second-order valence-electron chi connectivity index (χ2n) is 42.7. The fourth-order valence-corrected chi connectivity index (χ4v) is 26.2. The Labute approximate surface area is 737 Å². The summed E-state index contributed by atoms with van der Waals surface area (Å²) in [7, 11) is 0. The number of aliphatic carboxylic acids is 1. The Hall–Kier alpha value is -4.43. The molecule has 11 rings (SSSR count). The first-order valence-corrected chi connectivity index (χ1v) is 48.5. The molecule has 0 amide bonds. The van der Waals surface area contributed by atoms with E-state index in [9.17, 15) is 70.6 Å². The van der Waals surface area contributed by atoms with Gasteiger partial charge in [0.2, 0.25) is 0 Å². The van der Waals surface area contributed by atoms with Gasteiger partial charge in [0.25, 0.3) is 0 Å². The van der Waals surface area contributed by atoms with Crippen molar-refractivity contribution in [2.45, 2.75) is 399 Å².